The first-order valence-electron chi connectivity index (χ1n) is 11.8. The van der Waals surface area contributed by atoms with Crippen molar-refractivity contribution in [2.75, 3.05) is 20.2 Å². The Hall–Kier alpha value is -1.80. The molecule has 1 saturated heterocycles. The molecule has 2 aliphatic carbocycles. The van der Waals surface area contributed by atoms with Crippen molar-refractivity contribution >= 4 is 5.91 Å². The third kappa shape index (κ3) is 5.76. The summed E-state index contributed by atoms with van der Waals surface area (Å²) in [6.45, 7) is 1.30. The Bertz CT molecular complexity index is 776. The minimum atomic E-state index is -4.69. The van der Waals surface area contributed by atoms with Crippen LogP contribution in [-0.4, -0.2) is 55.6 Å². The summed E-state index contributed by atoms with van der Waals surface area (Å²) in [6, 6.07) is 6.71. The van der Waals surface area contributed by atoms with E-state index in [0.29, 0.717) is 12.2 Å². The third-order valence-corrected chi connectivity index (χ3v) is 7.12. The molecule has 1 heterocycles. The topological polar surface area (TPSA) is 50.8 Å². The van der Waals surface area contributed by atoms with Crippen molar-refractivity contribution in [2.45, 2.75) is 81.8 Å². The van der Waals surface area contributed by atoms with Gasteiger partial charge in [-0.3, -0.25) is 4.79 Å². The molecule has 1 amide bonds. The van der Waals surface area contributed by atoms with Gasteiger partial charge in [-0.15, -0.1) is 13.2 Å². The van der Waals surface area contributed by atoms with E-state index in [1.54, 1.807) is 18.2 Å². The predicted molar refractivity (Wildman–Crippen MR) is 114 cm³/mol. The number of piperidine rings is 1. The molecule has 2 saturated carbocycles. The van der Waals surface area contributed by atoms with E-state index < -0.39 is 6.36 Å². The number of ether oxygens (including phenoxy) is 2. The van der Waals surface area contributed by atoms with E-state index in [1.807, 2.05) is 11.9 Å². The van der Waals surface area contributed by atoms with Gasteiger partial charge < -0.3 is 19.7 Å². The molecule has 2 atom stereocenters. The summed E-state index contributed by atoms with van der Waals surface area (Å²) in [7, 11) is 1.94. The zero-order valence-electron chi connectivity index (χ0n) is 18.6. The number of amides is 1. The minimum Gasteiger partial charge on any atom is -0.405 e. The molecular weight excluding hydrogens is 421 g/mol. The van der Waals surface area contributed by atoms with Gasteiger partial charge in [-0.1, -0.05) is 18.2 Å². The quantitative estimate of drug-likeness (QED) is 0.654. The Morgan fingerprint density at radius 3 is 2.47 bits per heavy atom. The van der Waals surface area contributed by atoms with Crippen molar-refractivity contribution in [1.82, 2.24) is 10.2 Å². The number of rotatable bonds is 7. The van der Waals surface area contributed by atoms with Gasteiger partial charge in [0.2, 0.25) is 5.91 Å². The average molecular weight is 455 g/mol. The second-order valence-electron chi connectivity index (χ2n) is 9.30. The Kier molecular flexibility index (Phi) is 7.30. The smallest absolute Gasteiger partial charge is 0.405 e. The van der Waals surface area contributed by atoms with Crippen molar-refractivity contribution < 1.29 is 27.4 Å². The second kappa shape index (κ2) is 10.00. The summed E-state index contributed by atoms with van der Waals surface area (Å²) in [5, 5.41) is 3.36. The summed E-state index contributed by atoms with van der Waals surface area (Å²) >= 11 is 0. The zero-order valence-corrected chi connectivity index (χ0v) is 18.6. The molecule has 3 aliphatic rings. The van der Waals surface area contributed by atoms with E-state index in [9.17, 15) is 18.0 Å². The highest BCUT2D eigenvalue weighted by Crippen LogP contribution is 2.40. The number of hydrogen-bond acceptors (Lipinski definition) is 4. The normalized spacial score (nSPS) is 29.1. The van der Waals surface area contributed by atoms with Crippen LogP contribution in [0.3, 0.4) is 0 Å². The van der Waals surface area contributed by atoms with Crippen molar-refractivity contribution in [3.8, 4) is 5.75 Å². The number of likely N-dealkylation sites (N-methyl/N-ethyl adjacent to an activating group) is 1. The highest BCUT2D eigenvalue weighted by molar-refractivity contribution is 5.81. The summed E-state index contributed by atoms with van der Waals surface area (Å²) < 4.78 is 48.8. The molecule has 5 nitrogen and oxygen atoms in total. The van der Waals surface area contributed by atoms with Crippen LogP contribution in [0.15, 0.2) is 24.3 Å². The van der Waals surface area contributed by atoms with Crippen molar-refractivity contribution in [1.29, 1.82) is 0 Å². The fraction of sp³-hybridized carbons (Fsp3) is 0.708. The molecule has 4 rings (SSSR count). The number of nitrogens with zero attached hydrogens (tertiary/aromatic N) is 1. The lowest BCUT2D eigenvalue weighted by Gasteiger charge is -2.42. The van der Waals surface area contributed by atoms with Gasteiger partial charge in [0, 0.05) is 18.5 Å². The summed E-state index contributed by atoms with van der Waals surface area (Å²) in [6.07, 6.45) is 2.50. The third-order valence-electron chi connectivity index (χ3n) is 7.12. The molecule has 178 valence electrons. The highest BCUT2D eigenvalue weighted by atomic mass is 19.4. The molecule has 0 aromatic heterocycles. The molecule has 1 aromatic rings. The number of hydrogen-bond donors (Lipinski definition) is 1. The average Bonchev–Trinajstić information content (AvgIpc) is 3.62. The molecule has 1 aromatic carbocycles. The lowest BCUT2D eigenvalue weighted by molar-refractivity contribution is -0.275. The first kappa shape index (κ1) is 23.4. The monoisotopic (exact) mass is 454 g/mol. The molecule has 1 N–H and O–H groups in total. The maximum Gasteiger partial charge on any atom is 0.573 e. The molecule has 0 bridgehead atoms. The molecule has 8 heteroatoms. The van der Waals surface area contributed by atoms with Crippen LogP contribution >= 0.6 is 0 Å². The van der Waals surface area contributed by atoms with Crippen LogP contribution in [0.4, 0.5) is 13.2 Å². The van der Waals surface area contributed by atoms with Crippen LogP contribution in [0.5, 0.6) is 5.75 Å². The Balaban J connectivity index is 1.32. The van der Waals surface area contributed by atoms with E-state index in [0.717, 1.165) is 57.9 Å². The van der Waals surface area contributed by atoms with Crippen molar-refractivity contribution in [2.24, 2.45) is 5.92 Å². The number of carbonyl (C=O) groups is 1. The second-order valence-corrected chi connectivity index (χ2v) is 9.30. The summed E-state index contributed by atoms with van der Waals surface area (Å²) in [4.78, 5) is 14.8. The zero-order chi connectivity index (χ0) is 22.7. The number of halogens is 3. The largest absolute Gasteiger partial charge is 0.573 e. The summed E-state index contributed by atoms with van der Waals surface area (Å²) in [5.41, 5.74) is 0.618. The highest BCUT2D eigenvalue weighted by Gasteiger charge is 2.41. The number of para-hydroxylation sites is 1. The van der Waals surface area contributed by atoms with E-state index in [-0.39, 0.29) is 41.7 Å². The van der Waals surface area contributed by atoms with Crippen LogP contribution in [-0.2, 0) is 9.53 Å². The molecule has 3 fully saturated rings. The number of alkyl halides is 3. The number of nitrogens with one attached hydrogen (secondary N) is 1. The SMILES string of the molecule is CNC1CCCN(C(=O)C2CC2)[C@H]1COC1CCC(c2ccccc2OC(F)(F)F)CC1. The van der Waals surface area contributed by atoms with Crippen LogP contribution < -0.4 is 10.1 Å². The summed E-state index contributed by atoms with van der Waals surface area (Å²) in [5.74, 6) is 0.393. The molecule has 0 spiro atoms. The van der Waals surface area contributed by atoms with Crippen LogP contribution in [0.2, 0.25) is 0 Å². The van der Waals surface area contributed by atoms with Crippen LogP contribution in [0, 0.1) is 5.92 Å². The molecule has 1 unspecified atom stereocenters. The number of benzene rings is 1. The minimum absolute atomic E-state index is 0.0288. The van der Waals surface area contributed by atoms with Gasteiger partial charge in [0.25, 0.3) is 0 Å². The Morgan fingerprint density at radius 1 is 1.09 bits per heavy atom. The lowest BCUT2D eigenvalue weighted by atomic mass is 9.82. The van der Waals surface area contributed by atoms with E-state index in [2.05, 4.69) is 10.1 Å². The van der Waals surface area contributed by atoms with Gasteiger partial charge in [0.1, 0.15) is 5.75 Å². The van der Waals surface area contributed by atoms with Crippen LogP contribution in [0.25, 0.3) is 0 Å². The first-order valence-corrected chi connectivity index (χ1v) is 11.8. The molecule has 0 radical (unpaired) electrons. The molecule has 1 aliphatic heterocycles. The standard InChI is InChI=1S/C24H33F3N2O3/c1-28-20-6-4-14-29(23(30)17-8-9-17)21(20)15-31-18-12-10-16(11-13-18)19-5-2-3-7-22(19)32-24(25,26)27/h2-3,5,7,16-18,20-21,28H,4,6,8-15H2,1H3/t16?,18?,20?,21-/m0/s1. The Morgan fingerprint density at radius 2 is 1.81 bits per heavy atom. The van der Waals surface area contributed by atoms with Gasteiger partial charge in [-0.2, -0.15) is 0 Å². The fourth-order valence-electron chi connectivity index (χ4n) is 5.25. The lowest BCUT2D eigenvalue weighted by Crippen LogP contribution is -2.57. The Labute approximate surface area is 187 Å². The number of carbonyl (C=O) groups excluding carboxylic acids is 1. The van der Waals surface area contributed by atoms with Gasteiger partial charge >= 0.3 is 6.36 Å². The fourth-order valence-corrected chi connectivity index (χ4v) is 5.25. The molecule has 32 heavy (non-hydrogen) atoms. The predicted octanol–water partition coefficient (Wildman–Crippen LogP) is 4.62. The first-order chi connectivity index (χ1) is 15.4. The van der Waals surface area contributed by atoms with Gasteiger partial charge in [0.15, 0.2) is 0 Å². The van der Waals surface area contributed by atoms with Gasteiger partial charge in [-0.25, -0.2) is 0 Å². The maximum absolute atomic E-state index is 12.8. The van der Waals surface area contributed by atoms with E-state index in [4.69, 9.17) is 4.74 Å². The van der Waals surface area contributed by atoms with Gasteiger partial charge in [-0.05, 0) is 76.0 Å². The maximum atomic E-state index is 12.8. The van der Waals surface area contributed by atoms with E-state index >= 15 is 0 Å². The van der Waals surface area contributed by atoms with Crippen molar-refractivity contribution in [3.63, 3.8) is 0 Å². The van der Waals surface area contributed by atoms with Crippen molar-refractivity contribution in [3.05, 3.63) is 29.8 Å². The van der Waals surface area contributed by atoms with E-state index in [1.165, 1.54) is 6.07 Å². The van der Waals surface area contributed by atoms with Crippen LogP contribution in [0.1, 0.15) is 62.8 Å². The number of likely N-dealkylation sites (tertiary alicyclic amines) is 1. The van der Waals surface area contributed by atoms with Gasteiger partial charge in [0.05, 0.1) is 18.8 Å². The molecular formula is C24H33F3N2O3.